The van der Waals surface area contributed by atoms with Gasteiger partial charge in [0.25, 0.3) is 0 Å². The van der Waals surface area contributed by atoms with Gasteiger partial charge in [0, 0.05) is 17.7 Å². The van der Waals surface area contributed by atoms with E-state index in [1.165, 1.54) is 0 Å². The quantitative estimate of drug-likeness (QED) is 0.419. The van der Waals surface area contributed by atoms with Gasteiger partial charge >= 0.3 is 0 Å². The second-order valence-corrected chi connectivity index (χ2v) is 6.47. The summed E-state index contributed by atoms with van der Waals surface area (Å²) in [4.78, 5) is 12.3. The zero-order valence-electron chi connectivity index (χ0n) is 13.0. The predicted octanol–water partition coefficient (Wildman–Crippen LogP) is 4.34. The van der Waals surface area contributed by atoms with Gasteiger partial charge in [0.05, 0.1) is 11.0 Å². The Morgan fingerprint density at radius 3 is 2.67 bits per heavy atom. The van der Waals surface area contributed by atoms with Crippen LogP contribution in [0.25, 0.3) is 22.4 Å². The zero-order valence-corrected chi connectivity index (χ0v) is 13.8. The molecule has 2 aromatic heterocycles. The molecule has 4 rings (SSSR count). The molecule has 0 atom stereocenters. The fourth-order valence-corrected chi connectivity index (χ4v) is 3.28. The van der Waals surface area contributed by atoms with Crippen molar-refractivity contribution in [1.82, 2.24) is 20.1 Å². The minimum atomic E-state index is 0.649. The Morgan fingerprint density at radius 2 is 1.79 bits per heavy atom. The molecule has 2 aromatic carbocycles. The monoisotopic (exact) mass is 336 g/mol. The molecule has 0 saturated carbocycles. The van der Waals surface area contributed by atoms with E-state index < -0.39 is 0 Å². The van der Waals surface area contributed by atoms with Crippen LogP contribution in [0.1, 0.15) is 12.3 Å². The van der Waals surface area contributed by atoms with Crippen molar-refractivity contribution in [1.29, 1.82) is 0 Å². The minimum Gasteiger partial charge on any atom is -0.339 e. The van der Waals surface area contributed by atoms with Crippen LogP contribution in [0, 0.1) is 0 Å². The van der Waals surface area contributed by atoms with E-state index in [1.54, 1.807) is 11.8 Å². The number of benzene rings is 2. The van der Waals surface area contributed by atoms with Crippen molar-refractivity contribution in [3.8, 4) is 11.4 Å². The van der Waals surface area contributed by atoms with Crippen molar-refractivity contribution < 1.29 is 4.52 Å². The summed E-state index contributed by atoms with van der Waals surface area (Å²) in [6.45, 7) is 0. The summed E-state index contributed by atoms with van der Waals surface area (Å²) < 4.78 is 5.33. The Bertz CT molecular complexity index is 899. The number of H-pyrrole nitrogens is 1. The topological polar surface area (TPSA) is 67.6 Å². The van der Waals surface area contributed by atoms with Gasteiger partial charge in [-0.1, -0.05) is 59.4 Å². The summed E-state index contributed by atoms with van der Waals surface area (Å²) in [7, 11) is 0. The number of imidazole rings is 1. The van der Waals surface area contributed by atoms with Gasteiger partial charge in [-0.15, -0.1) is 0 Å². The lowest BCUT2D eigenvalue weighted by Crippen LogP contribution is -1.89. The molecule has 0 fully saturated rings. The van der Waals surface area contributed by atoms with Gasteiger partial charge in [0.15, 0.2) is 5.16 Å². The summed E-state index contributed by atoms with van der Waals surface area (Å²) in [5, 5.41) is 4.99. The maximum atomic E-state index is 5.33. The van der Waals surface area contributed by atoms with Gasteiger partial charge in [-0.2, -0.15) is 4.98 Å². The molecule has 0 aliphatic rings. The molecule has 0 bridgehead atoms. The molecule has 0 saturated heterocycles. The number of aromatic amines is 1. The van der Waals surface area contributed by atoms with Crippen LogP contribution in [0.4, 0.5) is 0 Å². The van der Waals surface area contributed by atoms with Gasteiger partial charge in [-0.3, -0.25) is 0 Å². The number of thioether (sulfide) groups is 1. The van der Waals surface area contributed by atoms with E-state index in [4.69, 9.17) is 4.52 Å². The largest absolute Gasteiger partial charge is 0.339 e. The van der Waals surface area contributed by atoms with Crippen LogP contribution in [0.15, 0.2) is 64.3 Å². The van der Waals surface area contributed by atoms with Crippen molar-refractivity contribution >= 4 is 22.8 Å². The van der Waals surface area contributed by atoms with E-state index >= 15 is 0 Å². The molecule has 0 aliphatic heterocycles. The first-order valence-electron chi connectivity index (χ1n) is 7.84. The van der Waals surface area contributed by atoms with Crippen LogP contribution in [-0.2, 0) is 6.42 Å². The Balaban J connectivity index is 1.30. The van der Waals surface area contributed by atoms with Gasteiger partial charge in [-0.05, 0) is 18.6 Å². The zero-order chi connectivity index (χ0) is 16.2. The molecule has 1 N–H and O–H groups in total. The van der Waals surface area contributed by atoms with Crippen molar-refractivity contribution in [3.63, 3.8) is 0 Å². The Labute approximate surface area is 143 Å². The van der Waals surface area contributed by atoms with Crippen LogP contribution in [0.5, 0.6) is 0 Å². The molecule has 0 spiro atoms. The fourth-order valence-electron chi connectivity index (χ4n) is 2.45. The summed E-state index contributed by atoms with van der Waals surface area (Å²) in [6, 6.07) is 17.9. The molecule has 24 heavy (non-hydrogen) atoms. The third-order valence-corrected chi connectivity index (χ3v) is 4.60. The maximum absolute atomic E-state index is 5.33. The third-order valence-electron chi connectivity index (χ3n) is 3.64. The Kier molecular flexibility index (Phi) is 4.29. The van der Waals surface area contributed by atoms with Crippen molar-refractivity contribution in [3.05, 3.63) is 60.5 Å². The first-order valence-corrected chi connectivity index (χ1v) is 8.82. The van der Waals surface area contributed by atoms with Crippen LogP contribution in [0.3, 0.4) is 0 Å². The number of para-hydroxylation sites is 2. The highest BCUT2D eigenvalue weighted by atomic mass is 32.2. The number of hydrogen-bond donors (Lipinski definition) is 1. The molecule has 0 radical (unpaired) electrons. The summed E-state index contributed by atoms with van der Waals surface area (Å²) in [5.41, 5.74) is 3.05. The Morgan fingerprint density at radius 1 is 0.958 bits per heavy atom. The van der Waals surface area contributed by atoms with E-state index in [-0.39, 0.29) is 0 Å². The standard InChI is InChI=1S/C18H16N4OS/c1-2-7-13(8-3-1)17-21-16(23-22-17)11-6-12-24-18-19-14-9-4-5-10-15(14)20-18/h1-5,7-10H,6,11-12H2,(H,19,20). The highest BCUT2D eigenvalue weighted by Gasteiger charge is 2.08. The molecule has 5 nitrogen and oxygen atoms in total. The lowest BCUT2D eigenvalue weighted by molar-refractivity contribution is 0.378. The number of nitrogens with zero attached hydrogens (tertiary/aromatic N) is 3. The smallest absolute Gasteiger partial charge is 0.226 e. The molecule has 0 unspecified atom stereocenters. The maximum Gasteiger partial charge on any atom is 0.226 e. The summed E-state index contributed by atoms with van der Waals surface area (Å²) in [5.74, 6) is 2.28. The molecule has 4 aromatic rings. The normalized spacial score (nSPS) is 11.2. The number of rotatable bonds is 6. The molecule has 6 heteroatoms. The Hall–Kier alpha value is -2.60. The van der Waals surface area contributed by atoms with Crippen molar-refractivity contribution in [2.45, 2.75) is 18.0 Å². The molecular weight excluding hydrogens is 320 g/mol. The highest BCUT2D eigenvalue weighted by Crippen LogP contribution is 2.21. The van der Waals surface area contributed by atoms with E-state index in [9.17, 15) is 0 Å². The molecule has 0 aliphatic carbocycles. The average Bonchev–Trinajstić information content (AvgIpc) is 3.26. The van der Waals surface area contributed by atoms with Gasteiger partial charge in [0.2, 0.25) is 11.7 Å². The summed E-state index contributed by atoms with van der Waals surface area (Å²) >= 11 is 1.71. The minimum absolute atomic E-state index is 0.649. The first-order chi connectivity index (χ1) is 11.9. The van der Waals surface area contributed by atoms with Gasteiger partial charge in [0.1, 0.15) is 0 Å². The molecule has 120 valence electrons. The SMILES string of the molecule is c1ccc(-c2noc(CCCSc3nc4ccccc4[nH]3)n2)cc1. The van der Waals surface area contributed by atoms with Crippen LogP contribution < -0.4 is 0 Å². The highest BCUT2D eigenvalue weighted by molar-refractivity contribution is 7.99. The van der Waals surface area contributed by atoms with Gasteiger partial charge in [-0.25, -0.2) is 4.98 Å². The van der Waals surface area contributed by atoms with Crippen molar-refractivity contribution in [2.75, 3.05) is 5.75 Å². The van der Waals surface area contributed by atoms with Gasteiger partial charge < -0.3 is 9.51 Å². The summed E-state index contributed by atoms with van der Waals surface area (Å²) in [6.07, 6.45) is 1.73. The lowest BCUT2D eigenvalue weighted by atomic mass is 10.2. The number of aromatic nitrogens is 4. The number of fused-ring (bicyclic) bond motifs is 1. The third kappa shape index (κ3) is 3.33. The fraction of sp³-hybridized carbons (Fsp3) is 0.167. The van der Waals surface area contributed by atoms with Crippen molar-refractivity contribution in [2.24, 2.45) is 0 Å². The van der Waals surface area contributed by atoms with Crippen LogP contribution in [0.2, 0.25) is 0 Å². The second kappa shape index (κ2) is 6.88. The number of aryl methyl sites for hydroxylation is 1. The number of nitrogens with one attached hydrogen (secondary N) is 1. The average molecular weight is 336 g/mol. The lowest BCUT2D eigenvalue weighted by Gasteiger charge is -1.95. The van der Waals surface area contributed by atoms with E-state index in [0.29, 0.717) is 11.7 Å². The molecule has 0 amide bonds. The number of hydrogen-bond acceptors (Lipinski definition) is 5. The molecule has 2 heterocycles. The van der Waals surface area contributed by atoms with Crippen LogP contribution >= 0.6 is 11.8 Å². The van der Waals surface area contributed by atoms with E-state index in [0.717, 1.165) is 40.3 Å². The van der Waals surface area contributed by atoms with Crippen LogP contribution in [-0.4, -0.2) is 25.9 Å². The van der Waals surface area contributed by atoms with E-state index in [2.05, 4.69) is 20.1 Å². The second-order valence-electron chi connectivity index (χ2n) is 5.39. The predicted molar refractivity (Wildman–Crippen MR) is 94.9 cm³/mol. The first kappa shape index (κ1) is 15.0. The molecular formula is C18H16N4OS. The van der Waals surface area contributed by atoms with E-state index in [1.807, 2.05) is 54.6 Å².